The van der Waals surface area contributed by atoms with Crippen molar-refractivity contribution in [3.8, 4) is 11.3 Å². The number of anilines is 1. The van der Waals surface area contributed by atoms with Crippen LogP contribution in [-0.4, -0.2) is 9.38 Å². The maximum atomic E-state index is 13.0. The summed E-state index contributed by atoms with van der Waals surface area (Å²) in [7, 11) is 0. The van der Waals surface area contributed by atoms with Gasteiger partial charge in [0.1, 0.15) is 17.2 Å². The van der Waals surface area contributed by atoms with Crippen LogP contribution in [0.1, 0.15) is 25.0 Å². The summed E-state index contributed by atoms with van der Waals surface area (Å²) in [6.07, 6.45) is -3.30. The zero-order valence-electron chi connectivity index (χ0n) is 12.9. The molecule has 1 aromatic carbocycles. The number of imidazole rings is 1. The van der Waals surface area contributed by atoms with Gasteiger partial charge in [0.25, 0.3) is 0 Å². The molecule has 0 atom stereocenters. The molecule has 0 unspecified atom stereocenters. The monoisotopic (exact) mass is 395 g/mol. The van der Waals surface area contributed by atoms with Crippen LogP contribution in [-0.2, 0) is 11.7 Å². The van der Waals surface area contributed by atoms with E-state index in [-0.39, 0.29) is 0 Å². The van der Waals surface area contributed by atoms with E-state index in [1.54, 1.807) is 0 Å². The second kappa shape index (κ2) is 4.75. The van der Waals surface area contributed by atoms with Crippen LogP contribution in [0.4, 0.5) is 19.0 Å². The van der Waals surface area contributed by atoms with E-state index in [1.165, 1.54) is 10.5 Å². The lowest BCUT2D eigenvalue weighted by Crippen LogP contribution is -2.32. The first kappa shape index (κ1) is 15.5. The second-order valence-electron chi connectivity index (χ2n) is 6.39. The summed E-state index contributed by atoms with van der Waals surface area (Å²) in [6, 6.07) is 8.35. The van der Waals surface area contributed by atoms with Crippen LogP contribution >= 0.6 is 15.9 Å². The number of hydrogen-bond donors (Lipinski definition) is 1. The average molecular weight is 396 g/mol. The van der Waals surface area contributed by atoms with Gasteiger partial charge in [0, 0.05) is 16.2 Å². The topological polar surface area (TPSA) is 29.3 Å². The van der Waals surface area contributed by atoms with Gasteiger partial charge in [-0.3, -0.25) is 4.40 Å². The predicted molar refractivity (Wildman–Crippen MR) is 90.0 cm³/mol. The van der Waals surface area contributed by atoms with E-state index >= 15 is 0 Å². The quantitative estimate of drug-likeness (QED) is 0.548. The van der Waals surface area contributed by atoms with Crippen molar-refractivity contribution in [2.75, 3.05) is 5.32 Å². The van der Waals surface area contributed by atoms with Crippen molar-refractivity contribution in [3.05, 3.63) is 52.1 Å². The molecule has 24 heavy (non-hydrogen) atoms. The number of alkyl halides is 3. The summed E-state index contributed by atoms with van der Waals surface area (Å²) in [5.74, 6) is 0.576. The van der Waals surface area contributed by atoms with Crippen LogP contribution in [0.3, 0.4) is 0 Å². The number of nitrogens with one attached hydrogen (secondary N) is 1. The number of aromatic nitrogens is 2. The molecule has 0 saturated heterocycles. The Hall–Kier alpha value is -2.02. The van der Waals surface area contributed by atoms with Crippen molar-refractivity contribution in [1.82, 2.24) is 9.38 Å². The van der Waals surface area contributed by atoms with Crippen molar-refractivity contribution >= 4 is 27.4 Å². The molecule has 0 spiro atoms. The van der Waals surface area contributed by atoms with Gasteiger partial charge in [0.2, 0.25) is 0 Å². The maximum Gasteiger partial charge on any atom is 0.417 e. The molecule has 0 amide bonds. The first-order chi connectivity index (χ1) is 11.2. The van der Waals surface area contributed by atoms with Crippen molar-refractivity contribution in [2.45, 2.75) is 25.6 Å². The zero-order valence-corrected chi connectivity index (χ0v) is 14.5. The Morgan fingerprint density at radius 1 is 1.17 bits per heavy atom. The summed E-state index contributed by atoms with van der Waals surface area (Å²) in [6.45, 7) is 3.99. The molecule has 7 heteroatoms. The van der Waals surface area contributed by atoms with Gasteiger partial charge in [-0.25, -0.2) is 4.98 Å². The number of rotatable bonds is 0. The van der Waals surface area contributed by atoms with Crippen LogP contribution in [0.5, 0.6) is 0 Å². The number of pyridine rings is 1. The van der Waals surface area contributed by atoms with Crippen molar-refractivity contribution in [1.29, 1.82) is 0 Å². The highest BCUT2D eigenvalue weighted by Crippen LogP contribution is 2.44. The van der Waals surface area contributed by atoms with Gasteiger partial charge in [0.15, 0.2) is 0 Å². The van der Waals surface area contributed by atoms with E-state index in [0.717, 1.165) is 27.9 Å². The Bertz CT molecular complexity index is 973. The van der Waals surface area contributed by atoms with Crippen LogP contribution in [0.2, 0.25) is 0 Å². The van der Waals surface area contributed by atoms with Crippen molar-refractivity contribution < 1.29 is 13.2 Å². The number of nitrogens with zero attached hydrogens (tertiary/aromatic N) is 2. The van der Waals surface area contributed by atoms with Crippen LogP contribution in [0.25, 0.3) is 16.9 Å². The first-order valence-corrected chi connectivity index (χ1v) is 8.14. The van der Waals surface area contributed by atoms with Gasteiger partial charge >= 0.3 is 6.18 Å². The predicted octanol–water partition coefficient (Wildman–Crippen LogP) is 5.44. The van der Waals surface area contributed by atoms with E-state index in [2.05, 4.69) is 26.2 Å². The van der Waals surface area contributed by atoms with Crippen LogP contribution in [0.15, 0.2) is 41.0 Å². The fourth-order valence-electron chi connectivity index (χ4n) is 3.14. The van der Waals surface area contributed by atoms with Gasteiger partial charge in [-0.1, -0.05) is 22.0 Å². The smallest absolute Gasteiger partial charge is 0.360 e. The SMILES string of the molecule is CC1(C)Nc2c(nc3ccc(C(F)(F)F)cn23)-c2cc(Br)ccc21. The molecule has 1 aliphatic rings. The lowest BCUT2D eigenvalue weighted by Gasteiger charge is -2.34. The van der Waals surface area contributed by atoms with E-state index in [4.69, 9.17) is 0 Å². The molecule has 4 rings (SSSR count). The molecule has 1 N–H and O–H groups in total. The van der Waals surface area contributed by atoms with Gasteiger partial charge in [-0.05, 0) is 43.7 Å². The third-order valence-corrected chi connectivity index (χ3v) is 4.78. The molecule has 0 bridgehead atoms. The highest BCUT2D eigenvalue weighted by atomic mass is 79.9. The molecule has 124 valence electrons. The average Bonchev–Trinajstić information content (AvgIpc) is 2.83. The maximum absolute atomic E-state index is 13.0. The molecule has 3 nitrogen and oxygen atoms in total. The molecule has 0 aliphatic carbocycles. The Labute approximate surface area is 144 Å². The van der Waals surface area contributed by atoms with Crippen LogP contribution in [0, 0.1) is 0 Å². The molecule has 3 aromatic rings. The molecular formula is C17H13BrF3N3. The lowest BCUT2D eigenvalue weighted by molar-refractivity contribution is -0.137. The third-order valence-electron chi connectivity index (χ3n) is 4.29. The first-order valence-electron chi connectivity index (χ1n) is 7.35. The highest BCUT2D eigenvalue weighted by Gasteiger charge is 2.35. The molecule has 0 radical (unpaired) electrons. The van der Waals surface area contributed by atoms with E-state index in [9.17, 15) is 13.2 Å². The normalized spacial score (nSPS) is 15.8. The molecule has 0 saturated carbocycles. The Morgan fingerprint density at radius 2 is 1.92 bits per heavy atom. The number of halogens is 4. The molecule has 1 aliphatic heterocycles. The molecule has 3 heterocycles. The van der Waals surface area contributed by atoms with E-state index in [0.29, 0.717) is 17.2 Å². The summed E-state index contributed by atoms with van der Waals surface area (Å²) < 4.78 is 41.5. The fourth-order valence-corrected chi connectivity index (χ4v) is 3.50. The summed E-state index contributed by atoms with van der Waals surface area (Å²) in [4.78, 5) is 4.54. The Kier molecular flexibility index (Phi) is 3.07. The lowest BCUT2D eigenvalue weighted by atomic mass is 9.86. The minimum atomic E-state index is -4.39. The van der Waals surface area contributed by atoms with Gasteiger partial charge in [-0.15, -0.1) is 0 Å². The van der Waals surface area contributed by atoms with Gasteiger partial charge in [-0.2, -0.15) is 13.2 Å². The fraction of sp³-hybridized carbons (Fsp3) is 0.235. The second-order valence-corrected chi connectivity index (χ2v) is 7.31. The zero-order chi connectivity index (χ0) is 17.3. The van der Waals surface area contributed by atoms with E-state index in [1.807, 2.05) is 32.0 Å². The Morgan fingerprint density at radius 3 is 2.62 bits per heavy atom. The third kappa shape index (κ3) is 2.22. The number of fused-ring (bicyclic) bond motifs is 5. The van der Waals surface area contributed by atoms with Crippen LogP contribution < -0.4 is 5.32 Å². The molecule has 0 fully saturated rings. The van der Waals surface area contributed by atoms with Gasteiger partial charge in [0.05, 0.1) is 11.1 Å². The van der Waals surface area contributed by atoms with Crippen molar-refractivity contribution in [3.63, 3.8) is 0 Å². The Balaban J connectivity index is 2.03. The summed E-state index contributed by atoms with van der Waals surface area (Å²) >= 11 is 3.46. The van der Waals surface area contributed by atoms with Crippen molar-refractivity contribution in [2.24, 2.45) is 0 Å². The highest BCUT2D eigenvalue weighted by molar-refractivity contribution is 9.10. The summed E-state index contributed by atoms with van der Waals surface area (Å²) in [5.41, 5.74) is 1.98. The molecule has 2 aromatic heterocycles. The number of hydrogen-bond acceptors (Lipinski definition) is 2. The standard InChI is InChI=1S/C17H13BrF3N3/c1-16(2)12-5-4-10(18)7-11(12)14-15(23-16)24-8-9(17(19,20)21)3-6-13(24)22-14/h3-8,23H,1-2H3. The largest absolute Gasteiger partial charge is 0.417 e. The van der Waals surface area contributed by atoms with Gasteiger partial charge < -0.3 is 5.32 Å². The minimum absolute atomic E-state index is 0.423. The minimum Gasteiger partial charge on any atom is -0.360 e. The van der Waals surface area contributed by atoms with E-state index < -0.39 is 17.3 Å². The number of benzene rings is 1. The molecular weight excluding hydrogens is 383 g/mol. The summed E-state index contributed by atoms with van der Waals surface area (Å²) in [5, 5.41) is 3.33.